The molecule has 1 aromatic heterocycles. The summed E-state index contributed by atoms with van der Waals surface area (Å²) in [5.74, 6) is -0.269. The van der Waals surface area contributed by atoms with Crippen molar-refractivity contribution in [2.24, 2.45) is 0 Å². The van der Waals surface area contributed by atoms with Gasteiger partial charge in [0, 0.05) is 24.9 Å². The van der Waals surface area contributed by atoms with Crippen molar-refractivity contribution < 1.29 is 13.9 Å². The maximum atomic E-state index is 13.2. The number of ether oxygens (including phenoxy) is 1. The molecule has 0 fully saturated rings. The van der Waals surface area contributed by atoms with Crippen LogP contribution in [0.5, 0.6) is 5.75 Å². The highest BCUT2D eigenvalue weighted by Crippen LogP contribution is 2.20. The molecule has 0 radical (unpaired) electrons. The number of aromatic nitrogens is 1. The van der Waals surface area contributed by atoms with Crippen molar-refractivity contribution in [3.63, 3.8) is 0 Å². The Bertz CT molecular complexity index is 570. The number of Topliss-reactive ketones (excluding diaryl/α,β-unsaturated/α-hetero) is 1. The number of rotatable bonds is 5. The van der Waals surface area contributed by atoms with Gasteiger partial charge in [-0.25, -0.2) is 4.39 Å². The molecule has 2 aromatic rings. The highest BCUT2D eigenvalue weighted by Gasteiger charge is 2.09. The molecule has 0 unspecified atom stereocenters. The third-order valence-electron chi connectivity index (χ3n) is 2.69. The summed E-state index contributed by atoms with van der Waals surface area (Å²) in [5.41, 5.74) is 1.43. The highest BCUT2D eigenvalue weighted by atomic mass is 19.1. The van der Waals surface area contributed by atoms with Gasteiger partial charge in [-0.3, -0.25) is 9.78 Å². The molecule has 1 heterocycles. The Morgan fingerprint density at radius 2 is 2.21 bits per heavy atom. The van der Waals surface area contributed by atoms with E-state index in [9.17, 15) is 9.18 Å². The van der Waals surface area contributed by atoms with Gasteiger partial charge in [0.15, 0.2) is 5.78 Å². The molecular weight excluding hydrogens is 245 g/mol. The molecule has 4 heteroatoms. The summed E-state index contributed by atoms with van der Waals surface area (Å²) in [6.07, 6.45) is 4.10. The van der Waals surface area contributed by atoms with Gasteiger partial charge in [-0.05, 0) is 30.7 Å². The summed E-state index contributed by atoms with van der Waals surface area (Å²) in [7, 11) is 0. The molecule has 1 aromatic carbocycles. The zero-order valence-electron chi connectivity index (χ0n) is 10.6. The first-order valence-corrected chi connectivity index (χ1v) is 5.99. The summed E-state index contributed by atoms with van der Waals surface area (Å²) in [5, 5.41) is 0. The van der Waals surface area contributed by atoms with E-state index in [1.165, 1.54) is 25.1 Å². The Kier molecular flexibility index (Phi) is 4.23. The van der Waals surface area contributed by atoms with Crippen LogP contribution in [0, 0.1) is 5.82 Å². The van der Waals surface area contributed by atoms with Gasteiger partial charge in [0.25, 0.3) is 0 Å². The molecule has 0 bridgehead atoms. The first-order valence-electron chi connectivity index (χ1n) is 5.99. The van der Waals surface area contributed by atoms with Gasteiger partial charge >= 0.3 is 0 Å². The second-order valence-corrected chi connectivity index (χ2v) is 4.16. The number of halogens is 1. The molecule has 0 saturated heterocycles. The van der Waals surface area contributed by atoms with Crippen LogP contribution in [-0.4, -0.2) is 17.4 Å². The van der Waals surface area contributed by atoms with Gasteiger partial charge in [0.1, 0.15) is 11.6 Å². The van der Waals surface area contributed by atoms with E-state index in [0.717, 1.165) is 5.56 Å². The lowest BCUT2D eigenvalue weighted by Gasteiger charge is -2.09. The van der Waals surface area contributed by atoms with E-state index in [-0.39, 0.29) is 11.5 Å². The summed E-state index contributed by atoms with van der Waals surface area (Å²) >= 11 is 0. The van der Waals surface area contributed by atoms with Gasteiger partial charge in [-0.2, -0.15) is 0 Å². The van der Waals surface area contributed by atoms with Crippen molar-refractivity contribution in [3.8, 4) is 5.75 Å². The van der Waals surface area contributed by atoms with Crippen LogP contribution in [0.4, 0.5) is 4.39 Å². The van der Waals surface area contributed by atoms with E-state index in [1.54, 1.807) is 12.4 Å². The molecule has 3 nitrogen and oxygen atoms in total. The Hall–Kier alpha value is -2.23. The molecule has 19 heavy (non-hydrogen) atoms. The Morgan fingerprint density at radius 3 is 2.89 bits per heavy atom. The third kappa shape index (κ3) is 3.61. The predicted octanol–water partition coefficient (Wildman–Crippen LogP) is 3.04. The third-order valence-corrected chi connectivity index (χ3v) is 2.69. The van der Waals surface area contributed by atoms with Crippen LogP contribution in [0.25, 0.3) is 0 Å². The van der Waals surface area contributed by atoms with Gasteiger partial charge in [-0.1, -0.05) is 6.07 Å². The Morgan fingerprint density at radius 1 is 1.37 bits per heavy atom. The van der Waals surface area contributed by atoms with Crippen LogP contribution in [0.15, 0.2) is 42.7 Å². The van der Waals surface area contributed by atoms with E-state index < -0.39 is 5.82 Å². The van der Waals surface area contributed by atoms with Crippen LogP contribution in [0.1, 0.15) is 22.8 Å². The van der Waals surface area contributed by atoms with Crippen LogP contribution in [0.3, 0.4) is 0 Å². The fourth-order valence-electron chi connectivity index (χ4n) is 1.73. The molecular formula is C15H14FNO2. The molecule has 0 N–H and O–H groups in total. The Labute approximate surface area is 111 Å². The average molecular weight is 259 g/mol. The van der Waals surface area contributed by atoms with Crippen LogP contribution in [0.2, 0.25) is 0 Å². The molecule has 0 spiro atoms. The molecule has 0 atom stereocenters. The highest BCUT2D eigenvalue weighted by molar-refractivity contribution is 5.96. The van der Waals surface area contributed by atoms with E-state index in [1.807, 2.05) is 12.1 Å². The molecule has 2 rings (SSSR count). The zero-order chi connectivity index (χ0) is 13.7. The number of pyridine rings is 1. The van der Waals surface area contributed by atoms with E-state index in [0.29, 0.717) is 18.6 Å². The zero-order valence-corrected chi connectivity index (χ0v) is 10.6. The van der Waals surface area contributed by atoms with Gasteiger partial charge in [0.2, 0.25) is 0 Å². The lowest BCUT2D eigenvalue weighted by Crippen LogP contribution is -2.05. The summed E-state index contributed by atoms with van der Waals surface area (Å²) < 4.78 is 18.7. The first-order chi connectivity index (χ1) is 9.16. The summed E-state index contributed by atoms with van der Waals surface area (Å²) in [4.78, 5) is 15.4. The number of benzene rings is 1. The molecule has 0 aliphatic heterocycles. The van der Waals surface area contributed by atoms with E-state index >= 15 is 0 Å². The summed E-state index contributed by atoms with van der Waals surface area (Å²) in [6.45, 7) is 1.80. The minimum atomic E-state index is -0.415. The fraction of sp³-hybridized carbons (Fsp3) is 0.200. The minimum absolute atomic E-state index is 0.142. The van der Waals surface area contributed by atoms with Gasteiger partial charge < -0.3 is 4.74 Å². The number of hydrogen-bond acceptors (Lipinski definition) is 3. The number of hydrogen-bond donors (Lipinski definition) is 0. The molecule has 0 aliphatic rings. The van der Waals surface area contributed by atoms with Crippen molar-refractivity contribution in [1.29, 1.82) is 0 Å². The van der Waals surface area contributed by atoms with Gasteiger partial charge in [0.05, 0.1) is 12.2 Å². The number of carbonyl (C=O) groups excluding carboxylic acids is 1. The van der Waals surface area contributed by atoms with Crippen molar-refractivity contribution in [2.45, 2.75) is 13.3 Å². The fourth-order valence-corrected chi connectivity index (χ4v) is 1.73. The topological polar surface area (TPSA) is 39.2 Å². The molecule has 98 valence electrons. The predicted molar refractivity (Wildman–Crippen MR) is 69.8 cm³/mol. The normalized spacial score (nSPS) is 10.2. The maximum absolute atomic E-state index is 13.2. The number of carbonyl (C=O) groups is 1. The summed E-state index contributed by atoms with van der Waals surface area (Å²) in [6, 6.07) is 7.72. The lowest BCUT2D eigenvalue weighted by molar-refractivity contribution is 0.101. The van der Waals surface area contributed by atoms with Crippen LogP contribution < -0.4 is 4.74 Å². The Balaban J connectivity index is 2.03. The number of nitrogens with zero attached hydrogens (tertiary/aromatic N) is 1. The van der Waals surface area contributed by atoms with E-state index in [4.69, 9.17) is 4.74 Å². The SMILES string of the molecule is CC(=O)c1ccc(F)cc1OCCc1cccnc1. The lowest BCUT2D eigenvalue weighted by atomic mass is 10.1. The molecule has 0 saturated carbocycles. The minimum Gasteiger partial charge on any atom is -0.492 e. The molecule has 0 amide bonds. The maximum Gasteiger partial charge on any atom is 0.163 e. The largest absolute Gasteiger partial charge is 0.492 e. The quantitative estimate of drug-likeness (QED) is 0.775. The van der Waals surface area contributed by atoms with Crippen molar-refractivity contribution in [3.05, 3.63) is 59.7 Å². The number of ketones is 1. The van der Waals surface area contributed by atoms with Crippen molar-refractivity contribution >= 4 is 5.78 Å². The van der Waals surface area contributed by atoms with Crippen LogP contribution in [-0.2, 0) is 6.42 Å². The van der Waals surface area contributed by atoms with Crippen LogP contribution >= 0.6 is 0 Å². The smallest absolute Gasteiger partial charge is 0.163 e. The standard InChI is InChI=1S/C15H14FNO2/c1-11(18)14-5-4-13(16)9-15(14)19-8-6-12-3-2-7-17-10-12/h2-5,7,9-10H,6,8H2,1H3. The van der Waals surface area contributed by atoms with Crippen molar-refractivity contribution in [1.82, 2.24) is 4.98 Å². The first kappa shape index (κ1) is 13.2. The van der Waals surface area contributed by atoms with E-state index in [2.05, 4.69) is 4.98 Å². The average Bonchev–Trinajstić information content (AvgIpc) is 2.39. The second kappa shape index (κ2) is 6.09. The monoisotopic (exact) mass is 259 g/mol. The second-order valence-electron chi connectivity index (χ2n) is 4.16. The molecule has 0 aliphatic carbocycles. The van der Waals surface area contributed by atoms with Crippen molar-refractivity contribution in [2.75, 3.05) is 6.61 Å². The van der Waals surface area contributed by atoms with Gasteiger partial charge in [-0.15, -0.1) is 0 Å².